The van der Waals surface area contributed by atoms with Crippen LogP contribution in [0.4, 0.5) is 16.0 Å². The number of nitrogens with zero attached hydrogens (tertiary/aromatic N) is 2. The Morgan fingerprint density at radius 2 is 2.00 bits per heavy atom. The minimum Gasteiger partial charge on any atom is -0.349 e. The van der Waals surface area contributed by atoms with Crippen molar-refractivity contribution in [2.24, 2.45) is 0 Å². The Kier molecular flexibility index (Phi) is 4.92. The molecule has 0 fully saturated rings. The van der Waals surface area contributed by atoms with Gasteiger partial charge in [-0.2, -0.15) is 0 Å². The van der Waals surface area contributed by atoms with Crippen LogP contribution in [0.2, 0.25) is 5.02 Å². The number of nitrogens with one attached hydrogen (secondary N) is 2. The predicted octanol–water partition coefficient (Wildman–Crippen LogP) is 3.46. The molecule has 7 heteroatoms. The normalized spacial score (nSPS) is 10.6. The third-order valence-electron chi connectivity index (χ3n) is 2.68. The molecule has 0 aliphatic rings. The fourth-order valence-electron chi connectivity index (χ4n) is 1.78. The third kappa shape index (κ3) is 4.14. The average molecular weight is 323 g/mol. The molecule has 0 spiro atoms. The summed E-state index contributed by atoms with van der Waals surface area (Å²) < 4.78 is 13.1. The highest BCUT2D eigenvalue weighted by molar-refractivity contribution is 6.31. The van der Waals surface area contributed by atoms with Crippen LogP contribution in [0.5, 0.6) is 0 Å². The van der Waals surface area contributed by atoms with Crippen molar-refractivity contribution in [2.75, 3.05) is 5.32 Å². The van der Waals surface area contributed by atoms with Gasteiger partial charge < -0.3 is 10.6 Å². The third-order valence-corrected chi connectivity index (χ3v) is 2.97. The van der Waals surface area contributed by atoms with Crippen LogP contribution in [0.15, 0.2) is 24.3 Å². The molecule has 0 bridgehead atoms. The Labute approximate surface area is 132 Å². The largest absolute Gasteiger partial charge is 0.349 e. The lowest BCUT2D eigenvalue weighted by Crippen LogP contribution is -2.31. The van der Waals surface area contributed by atoms with E-state index in [0.29, 0.717) is 11.4 Å². The quantitative estimate of drug-likeness (QED) is 0.904. The Balaban J connectivity index is 2.26. The van der Waals surface area contributed by atoms with Gasteiger partial charge in [0, 0.05) is 17.4 Å². The van der Waals surface area contributed by atoms with E-state index >= 15 is 0 Å². The van der Waals surface area contributed by atoms with Crippen LogP contribution in [0.3, 0.4) is 0 Å². The standard InChI is InChI=1S/C15H16ClFN4O/c1-8(2)18-14(22)13-6-9(3)19-15(21-13)20-10-4-5-12(17)11(16)7-10/h4-8H,1-3H3,(H,18,22)(H,19,20,21). The number of hydrogen-bond donors (Lipinski definition) is 2. The van der Waals surface area contributed by atoms with Crippen LogP contribution >= 0.6 is 11.6 Å². The van der Waals surface area contributed by atoms with Gasteiger partial charge in [0.2, 0.25) is 5.95 Å². The van der Waals surface area contributed by atoms with Crippen LogP contribution in [0.1, 0.15) is 30.0 Å². The summed E-state index contributed by atoms with van der Waals surface area (Å²) in [5.74, 6) is -0.536. The number of rotatable bonds is 4. The van der Waals surface area contributed by atoms with E-state index in [1.54, 1.807) is 13.0 Å². The molecule has 1 aromatic heterocycles. The van der Waals surface area contributed by atoms with Crippen molar-refractivity contribution in [2.45, 2.75) is 26.8 Å². The second-order valence-corrected chi connectivity index (χ2v) is 5.51. The zero-order valence-corrected chi connectivity index (χ0v) is 13.2. The fourth-order valence-corrected chi connectivity index (χ4v) is 1.96. The summed E-state index contributed by atoms with van der Waals surface area (Å²) >= 11 is 5.73. The molecule has 2 N–H and O–H groups in total. The van der Waals surface area contributed by atoms with Crippen LogP contribution in [-0.2, 0) is 0 Å². The fraction of sp³-hybridized carbons (Fsp3) is 0.267. The Morgan fingerprint density at radius 3 is 2.64 bits per heavy atom. The van der Waals surface area contributed by atoms with Crippen molar-refractivity contribution in [3.63, 3.8) is 0 Å². The lowest BCUT2D eigenvalue weighted by Gasteiger charge is -2.10. The summed E-state index contributed by atoms with van der Waals surface area (Å²) in [6, 6.07) is 5.79. The molecule has 1 aromatic carbocycles. The maximum atomic E-state index is 13.1. The summed E-state index contributed by atoms with van der Waals surface area (Å²) in [5, 5.41) is 5.67. The van der Waals surface area contributed by atoms with E-state index in [4.69, 9.17) is 11.6 Å². The molecule has 5 nitrogen and oxygen atoms in total. The summed E-state index contributed by atoms with van der Waals surface area (Å²) in [4.78, 5) is 20.4. The number of carbonyl (C=O) groups is 1. The van der Waals surface area contributed by atoms with Crippen LogP contribution in [-0.4, -0.2) is 21.9 Å². The van der Waals surface area contributed by atoms with E-state index < -0.39 is 5.82 Å². The Bertz CT molecular complexity index is 706. The van der Waals surface area contributed by atoms with Crippen LogP contribution < -0.4 is 10.6 Å². The van der Waals surface area contributed by atoms with E-state index in [1.165, 1.54) is 18.2 Å². The van der Waals surface area contributed by atoms with Gasteiger partial charge in [-0.25, -0.2) is 14.4 Å². The molecule has 0 aliphatic heterocycles. The lowest BCUT2D eigenvalue weighted by molar-refractivity contribution is 0.0938. The van der Waals surface area contributed by atoms with Gasteiger partial charge in [-0.05, 0) is 45.0 Å². The van der Waals surface area contributed by atoms with Crippen molar-refractivity contribution in [1.82, 2.24) is 15.3 Å². The second-order valence-electron chi connectivity index (χ2n) is 5.10. The number of aromatic nitrogens is 2. The predicted molar refractivity (Wildman–Crippen MR) is 84.1 cm³/mol. The summed E-state index contributed by atoms with van der Waals surface area (Å²) in [6.07, 6.45) is 0. The molecule has 1 heterocycles. The van der Waals surface area contributed by atoms with E-state index in [-0.39, 0.29) is 28.6 Å². The van der Waals surface area contributed by atoms with Gasteiger partial charge in [0.1, 0.15) is 11.5 Å². The van der Waals surface area contributed by atoms with Crippen molar-refractivity contribution in [1.29, 1.82) is 0 Å². The molecular formula is C15H16ClFN4O. The highest BCUT2D eigenvalue weighted by atomic mass is 35.5. The lowest BCUT2D eigenvalue weighted by atomic mass is 10.3. The first-order chi connectivity index (χ1) is 10.3. The molecule has 2 rings (SSSR count). The van der Waals surface area contributed by atoms with Crippen molar-refractivity contribution < 1.29 is 9.18 Å². The monoisotopic (exact) mass is 322 g/mol. The maximum absolute atomic E-state index is 13.1. The van der Waals surface area contributed by atoms with Gasteiger partial charge in [0.05, 0.1) is 5.02 Å². The first-order valence-corrected chi connectivity index (χ1v) is 7.11. The van der Waals surface area contributed by atoms with E-state index in [2.05, 4.69) is 20.6 Å². The Morgan fingerprint density at radius 1 is 1.27 bits per heavy atom. The number of aryl methyl sites for hydroxylation is 1. The minimum atomic E-state index is -0.505. The van der Waals surface area contributed by atoms with Gasteiger partial charge in [0.15, 0.2) is 0 Å². The average Bonchev–Trinajstić information content (AvgIpc) is 2.41. The van der Waals surface area contributed by atoms with Crippen molar-refractivity contribution in [3.05, 3.63) is 46.5 Å². The number of halogens is 2. The summed E-state index contributed by atoms with van der Waals surface area (Å²) in [5.41, 5.74) is 1.43. The summed E-state index contributed by atoms with van der Waals surface area (Å²) in [7, 11) is 0. The van der Waals surface area contributed by atoms with Crippen molar-refractivity contribution in [3.8, 4) is 0 Å². The van der Waals surface area contributed by atoms with Gasteiger partial charge in [-0.15, -0.1) is 0 Å². The number of benzene rings is 1. The Hall–Kier alpha value is -2.21. The number of hydrogen-bond acceptors (Lipinski definition) is 4. The molecule has 1 amide bonds. The van der Waals surface area contributed by atoms with Gasteiger partial charge >= 0.3 is 0 Å². The first-order valence-electron chi connectivity index (χ1n) is 6.74. The molecule has 116 valence electrons. The zero-order chi connectivity index (χ0) is 16.3. The molecule has 0 saturated carbocycles. The number of carbonyl (C=O) groups excluding carboxylic acids is 1. The van der Waals surface area contributed by atoms with E-state index in [9.17, 15) is 9.18 Å². The highest BCUT2D eigenvalue weighted by Crippen LogP contribution is 2.21. The molecule has 2 aromatic rings. The van der Waals surface area contributed by atoms with Gasteiger partial charge in [-0.1, -0.05) is 11.6 Å². The first kappa shape index (κ1) is 16.2. The maximum Gasteiger partial charge on any atom is 0.270 e. The van der Waals surface area contributed by atoms with Crippen molar-refractivity contribution >= 4 is 29.1 Å². The van der Waals surface area contributed by atoms with E-state index in [1.807, 2.05) is 13.8 Å². The number of amides is 1. The minimum absolute atomic E-state index is 0.00423. The SMILES string of the molecule is Cc1cc(C(=O)NC(C)C)nc(Nc2ccc(F)c(Cl)c2)n1. The van der Waals surface area contributed by atoms with E-state index in [0.717, 1.165) is 0 Å². The topological polar surface area (TPSA) is 66.9 Å². The molecule has 0 radical (unpaired) electrons. The number of anilines is 2. The van der Waals surface area contributed by atoms with Gasteiger partial charge in [-0.3, -0.25) is 4.79 Å². The molecular weight excluding hydrogens is 307 g/mol. The van der Waals surface area contributed by atoms with Gasteiger partial charge in [0.25, 0.3) is 5.91 Å². The highest BCUT2D eigenvalue weighted by Gasteiger charge is 2.12. The molecule has 0 aliphatic carbocycles. The zero-order valence-electron chi connectivity index (χ0n) is 12.4. The second kappa shape index (κ2) is 6.70. The molecule has 0 saturated heterocycles. The van der Waals surface area contributed by atoms with Crippen LogP contribution in [0.25, 0.3) is 0 Å². The molecule has 0 atom stereocenters. The van der Waals surface area contributed by atoms with Crippen LogP contribution in [0, 0.1) is 12.7 Å². The molecule has 0 unspecified atom stereocenters. The molecule has 22 heavy (non-hydrogen) atoms. The summed E-state index contributed by atoms with van der Waals surface area (Å²) in [6.45, 7) is 5.49. The smallest absolute Gasteiger partial charge is 0.270 e.